The molecule has 0 spiro atoms. The van der Waals surface area contributed by atoms with E-state index in [1.165, 1.54) is 25.7 Å². The fraction of sp³-hybridized carbons (Fsp3) is 0.625. The van der Waals surface area contributed by atoms with Crippen molar-refractivity contribution in [3.8, 4) is 0 Å². The maximum Gasteiger partial charge on any atom is 0.253 e. The molecule has 0 aromatic carbocycles. The fourth-order valence-corrected chi connectivity index (χ4v) is 2.95. The molecule has 5 nitrogen and oxygen atoms in total. The van der Waals surface area contributed by atoms with E-state index in [2.05, 4.69) is 15.2 Å². The third-order valence-corrected chi connectivity index (χ3v) is 4.17. The van der Waals surface area contributed by atoms with Crippen LogP contribution in [0, 0.1) is 0 Å². The van der Waals surface area contributed by atoms with Crippen molar-refractivity contribution in [2.75, 3.05) is 29.9 Å². The van der Waals surface area contributed by atoms with Crippen LogP contribution in [0.4, 0.5) is 11.5 Å². The third-order valence-electron chi connectivity index (χ3n) is 4.17. The number of carbonyl (C=O) groups excluding carboxylic acids is 1. The summed E-state index contributed by atoms with van der Waals surface area (Å²) in [7, 11) is 0. The van der Waals surface area contributed by atoms with Crippen LogP contribution in [0.3, 0.4) is 0 Å². The number of nitrogens with zero attached hydrogens (tertiary/aromatic N) is 2. The molecular formula is C16H23N3O2. The van der Waals surface area contributed by atoms with Gasteiger partial charge in [-0.3, -0.25) is 4.79 Å². The van der Waals surface area contributed by atoms with Crippen molar-refractivity contribution in [2.45, 2.75) is 44.6 Å². The van der Waals surface area contributed by atoms with Gasteiger partial charge in [0.25, 0.3) is 5.91 Å². The minimum atomic E-state index is -0.296. The molecule has 2 fully saturated rings. The first-order valence-corrected chi connectivity index (χ1v) is 7.96. The summed E-state index contributed by atoms with van der Waals surface area (Å²) in [6.45, 7) is 2.84. The Labute approximate surface area is 125 Å². The summed E-state index contributed by atoms with van der Waals surface area (Å²) in [5, 5.41) is 2.88. The molecule has 1 N–H and O–H groups in total. The smallest absolute Gasteiger partial charge is 0.253 e. The summed E-state index contributed by atoms with van der Waals surface area (Å²) in [6.07, 6.45) is 8.31. The van der Waals surface area contributed by atoms with E-state index in [1.807, 2.05) is 12.1 Å². The maximum absolute atomic E-state index is 12.0. The zero-order valence-corrected chi connectivity index (χ0v) is 12.4. The van der Waals surface area contributed by atoms with Crippen LogP contribution >= 0.6 is 0 Å². The van der Waals surface area contributed by atoms with E-state index in [-0.39, 0.29) is 12.0 Å². The number of amides is 1. The summed E-state index contributed by atoms with van der Waals surface area (Å²) in [4.78, 5) is 18.8. The number of aromatic nitrogens is 1. The van der Waals surface area contributed by atoms with Crippen LogP contribution in [-0.4, -0.2) is 36.7 Å². The van der Waals surface area contributed by atoms with Crippen LogP contribution in [0.1, 0.15) is 38.5 Å². The lowest BCUT2D eigenvalue weighted by Gasteiger charge is -2.21. The van der Waals surface area contributed by atoms with Gasteiger partial charge in [0, 0.05) is 19.7 Å². The predicted molar refractivity (Wildman–Crippen MR) is 82.5 cm³/mol. The van der Waals surface area contributed by atoms with Crippen molar-refractivity contribution < 1.29 is 9.53 Å². The van der Waals surface area contributed by atoms with Crippen LogP contribution < -0.4 is 10.2 Å². The Bertz CT molecular complexity index is 461. The lowest BCUT2D eigenvalue weighted by Crippen LogP contribution is -2.27. The normalized spacial score (nSPS) is 22.9. The summed E-state index contributed by atoms with van der Waals surface area (Å²) in [6, 6.07) is 3.93. The quantitative estimate of drug-likeness (QED) is 0.929. The van der Waals surface area contributed by atoms with Crippen molar-refractivity contribution in [1.82, 2.24) is 4.98 Å². The van der Waals surface area contributed by atoms with E-state index in [1.54, 1.807) is 6.20 Å². The molecule has 21 heavy (non-hydrogen) atoms. The lowest BCUT2D eigenvalue weighted by molar-refractivity contribution is -0.124. The Kier molecular flexibility index (Phi) is 4.70. The molecular weight excluding hydrogens is 266 g/mol. The van der Waals surface area contributed by atoms with Crippen molar-refractivity contribution >= 4 is 17.4 Å². The summed E-state index contributed by atoms with van der Waals surface area (Å²) < 4.78 is 5.38. The van der Waals surface area contributed by atoms with Crippen molar-refractivity contribution in [1.29, 1.82) is 0 Å². The van der Waals surface area contributed by atoms with Crippen LogP contribution in [0.15, 0.2) is 18.3 Å². The fourth-order valence-electron chi connectivity index (χ4n) is 2.95. The summed E-state index contributed by atoms with van der Waals surface area (Å²) in [5.74, 6) is 0.948. The van der Waals surface area contributed by atoms with Gasteiger partial charge in [0.15, 0.2) is 0 Å². The van der Waals surface area contributed by atoms with Gasteiger partial charge >= 0.3 is 0 Å². The van der Waals surface area contributed by atoms with E-state index in [4.69, 9.17) is 4.74 Å². The van der Waals surface area contributed by atoms with Crippen LogP contribution in [0.2, 0.25) is 0 Å². The van der Waals surface area contributed by atoms with E-state index in [0.29, 0.717) is 6.61 Å². The standard InChI is InChI=1S/C16H23N3O2/c20-16(14-6-5-11-21-14)18-13-7-8-15(17-12-13)19-9-3-1-2-4-10-19/h7-8,12,14H,1-6,9-11H2,(H,18,20). The number of carbonyl (C=O) groups is 1. The molecule has 0 bridgehead atoms. The molecule has 3 heterocycles. The number of anilines is 2. The number of hydrogen-bond donors (Lipinski definition) is 1. The molecule has 1 aromatic rings. The van der Waals surface area contributed by atoms with Gasteiger partial charge in [0.2, 0.25) is 0 Å². The van der Waals surface area contributed by atoms with Crippen LogP contribution in [-0.2, 0) is 9.53 Å². The van der Waals surface area contributed by atoms with Gasteiger partial charge in [-0.25, -0.2) is 4.98 Å². The Morgan fingerprint density at radius 3 is 2.62 bits per heavy atom. The van der Waals surface area contributed by atoms with E-state index in [9.17, 15) is 4.79 Å². The van der Waals surface area contributed by atoms with Crippen LogP contribution in [0.5, 0.6) is 0 Å². The second kappa shape index (κ2) is 6.89. The Morgan fingerprint density at radius 1 is 1.19 bits per heavy atom. The molecule has 1 unspecified atom stereocenters. The molecule has 0 radical (unpaired) electrons. The minimum Gasteiger partial charge on any atom is -0.368 e. The molecule has 114 valence electrons. The Morgan fingerprint density at radius 2 is 2.00 bits per heavy atom. The highest BCUT2D eigenvalue weighted by molar-refractivity contribution is 5.94. The van der Waals surface area contributed by atoms with Gasteiger partial charge < -0.3 is 15.0 Å². The average Bonchev–Trinajstić information content (AvgIpc) is 2.91. The number of nitrogens with one attached hydrogen (secondary N) is 1. The molecule has 0 aliphatic carbocycles. The number of ether oxygens (including phenoxy) is 1. The zero-order chi connectivity index (χ0) is 14.5. The number of rotatable bonds is 3. The third kappa shape index (κ3) is 3.73. The first kappa shape index (κ1) is 14.3. The average molecular weight is 289 g/mol. The highest BCUT2D eigenvalue weighted by atomic mass is 16.5. The number of hydrogen-bond acceptors (Lipinski definition) is 4. The molecule has 5 heteroatoms. The first-order valence-electron chi connectivity index (χ1n) is 7.96. The van der Waals surface area contributed by atoms with Crippen LogP contribution in [0.25, 0.3) is 0 Å². The van der Waals surface area contributed by atoms with E-state index < -0.39 is 0 Å². The van der Waals surface area contributed by atoms with Gasteiger partial charge in [-0.1, -0.05) is 12.8 Å². The second-order valence-corrected chi connectivity index (χ2v) is 5.80. The number of pyridine rings is 1. The molecule has 1 aromatic heterocycles. The lowest BCUT2D eigenvalue weighted by atomic mass is 10.2. The van der Waals surface area contributed by atoms with Gasteiger partial charge in [-0.15, -0.1) is 0 Å². The van der Waals surface area contributed by atoms with Crippen molar-refractivity contribution in [3.63, 3.8) is 0 Å². The monoisotopic (exact) mass is 289 g/mol. The van der Waals surface area contributed by atoms with Gasteiger partial charge in [-0.2, -0.15) is 0 Å². The Balaban J connectivity index is 1.59. The SMILES string of the molecule is O=C(Nc1ccc(N2CCCCCC2)nc1)C1CCCO1. The minimum absolute atomic E-state index is 0.0585. The largest absolute Gasteiger partial charge is 0.368 e. The maximum atomic E-state index is 12.0. The summed E-state index contributed by atoms with van der Waals surface area (Å²) >= 11 is 0. The molecule has 2 aliphatic rings. The van der Waals surface area contributed by atoms with Gasteiger partial charge in [0.05, 0.1) is 11.9 Å². The molecule has 0 saturated carbocycles. The highest BCUT2D eigenvalue weighted by Gasteiger charge is 2.23. The Hall–Kier alpha value is -1.62. The zero-order valence-electron chi connectivity index (χ0n) is 12.4. The van der Waals surface area contributed by atoms with E-state index in [0.717, 1.165) is 37.4 Å². The molecule has 2 saturated heterocycles. The molecule has 2 aliphatic heterocycles. The van der Waals surface area contributed by atoms with E-state index >= 15 is 0 Å². The van der Waals surface area contributed by atoms with Crippen molar-refractivity contribution in [3.05, 3.63) is 18.3 Å². The second-order valence-electron chi connectivity index (χ2n) is 5.80. The predicted octanol–water partition coefficient (Wildman–Crippen LogP) is 2.58. The molecule has 1 amide bonds. The molecule has 1 atom stereocenters. The van der Waals surface area contributed by atoms with Crippen molar-refractivity contribution in [2.24, 2.45) is 0 Å². The first-order chi connectivity index (χ1) is 10.3. The summed E-state index contributed by atoms with van der Waals surface area (Å²) in [5.41, 5.74) is 0.745. The highest BCUT2D eigenvalue weighted by Crippen LogP contribution is 2.20. The van der Waals surface area contributed by atoms with Gasteiger partial charge in [-0.05, 0) is 37.8 Å². The van der Waals surface area contributed by atoms with Gasteiger partial charge in [0.1, 0.15) is 11.9 Å². The topological polar surface area (TPSA) is 54.5 Å². The molecule has 3 rings (SSSR count).